The monoisotopic (exact) mass is 692 g/mol. The molecule has 11 rings (SSSR count). The Morgan fingerprint density at radius 1 is 0.340 bits per heavy atom. The van der Waals surface area contributed by atoms with E-state index in [2.05, 4.69) is 204 Å². The molecule has 0 unspecified atom stereocenters. The maximum absolute atomic E-state index is 2.42. The van der Waals surface area contributed by atoms with Crippen molar-refractivity contribution in [1.29, 1.82) is 0 Å². The quantitative estimate of drug-likeness (QED) is 0.174. The van der Waals surface area contributed by atoms with E-state index in [-0.39, 0.29) is 0 Å². The number of hydrogen-bond acceptors (Lipinski definition) is 2. The van der Waals surface area contributed by atoms with E-state index in [1.807, 2.05) is 11.3 Å². The van der Waals surface area contributed by atoms with Gasteiger partial charge in [-0.2, -0.15) is 0 Å². The third-order valence-corrected chi connectivity index (χ3v) is 11.9. The van der Waals surface area contributed by atoms with Gasteiger partial charge in [-0.15, -0.1) is 11.3 Å². The molecule has 0 aliphatic rings. The van der Waals surface area contributed by atoms with Gasteiger partial charge in [-0.25, -0.2) is 0 Å². The van der Waals surface area contributed by atoms with Gasteiger partial charge in [0.25, 0.3) is 0 Å². The van der Waals surface area contributed by atoms with E-state index in [4.69, 9.17) is 0 Å². The van der Waals surface area contributed by atoms with E-state index >= 15 is 0 Å². The molecule has 2 nitrogen and oxygen atoms in total. The number of hydrogen-bond donors (Lipinski definition) is 0. The fraction of sp³-hybridized carbons (Fsp3) is 0. The van der Waals surface area contributed by atoms with E-state index in [1.165, 1.54) is 74.6 Å². The van der Waals surface area contributed by atoms with Crippen molar-refractivity contribution in [3.63, 3.8) is 0 Å². The van der Waals surface area contributed by atoms with E-state index in [1.54, 1.807) is 0 Å². The number of para-hydroxylation sites is 2. The third kappa shape index (κ3) is 4.93. The van der Waals surface area contributed by atoms with Crippen LogP contribution in [0, 0.1) is 0 Å². The molecule has 0 spiro atoms. The molecule has 2 aromatic heterocycles. The summed E-state index contributed by atoms with van der Waals surface area (Å²) in [5, 5.41) is 10.1. The molecule has 0 radical (unpaired) electrons. The van der Waals surface area contributed by atoms with Gasteiger partial charge in [-0.3, -0.25) is 0 Å². The minimum absolute atomic E-state index is 1.11. The zero-order valence-corrected chi connectivity index (χ0v) is 29.6. The second-order valence-electron chi connectivity index (χ2n) is 13.8. The first kappa shape index (κ1) is 30.0. The van der Waals surface area contributed by atoms with Crippen molar-refractivity contribution in [2.24, 2.45) is 0 Å². The highest BCUT2D eigenvalue weighted by molar-refractivity contribution is 7.25. The Morgan fingerprint density at radius 2 is 0.943 bits per heavy atom. The molecule has 0 bridgehead atoms. The smallest absolute Gasteiger partial charge is 0.0561 e. The molecule has 0 saturated heterocycles. The van der Waals surface area contributed by atoms with Crippen molar-refractivity contribution in [2.75, 3.05) is 4.90 Å². The van der Waals surface area contributed by atoms with Crippen LogP contribution in [0.2, 0.25) is 0 Å². The van der Waals surface area contributed by atoms with Gasteiger partial charge in [-0.05, 0) is 112 Å². The molecule has 3 heteroatoms. The summed E-state index contributed by atoms with van der Waals surface area (Å²) in [6.45, 7) is 0. The number of nitrogens with zero attached hydrogens (tertiary/aromatic N) is 2. The summed E-state index contributed by atoms with van der Waals surface area (Å²) in [4.78, 5) is 2.42. The molecule has 53 heavy (non-hydrogen) atoms. The molecule has 0 aliphatic heterocycles. The van der Waals surface area contributed by atoms with Gasteiger partial charge in [0, 0.05) is 53.7 Å². The second kappa shape index (κ2) is 11.9. The van der Waals surface area contributed by atoms with Crippen LogP contribution in [0.3, 0.4) is 0 Å². The van der Waals surface area contributed by atoms with Crippen LogP contribution in [0.1, 0.15) is 0 Å². The maximum Gasteiger partial charge on any atom is 0.0561 e. The van der Waals surface area contributed by atoms with Crippen LogP contribution >= 0.6 is 11.3 Å². The number of rotatable bonds is 5. The van der Waals surface area contributed by atoms with Gasteiger partial charge >= 0.3 is 0 Å². The first-order chi connectivity index (χ1) is 26.2. The summed E-state index contributed by atoms with van der Waals surface area (Å²) >= 11 is 1.87. The topological polar surface area (TPSA) is 8.17 Å². The fourth-order valence-electron chi connectivity index (χ4n) is 8.16. The predicted octanol–water partition coefficient (Wildman–Crippen LogP) is 14.6. The minimum Gasteiger partial charge on any atom is -0.310 e. The van der Waals surface area contributed by atoms with Crippen molar-refractivity contribution >= 4 is 91.9 Å². The predicted molar refractivity (Wildman–Crippen MR) is 229 cm³/mol. The number of fused-ring (bicyclic) bond motifs is 8. The van der Waals surface area contributed by atoms with Crippen molar-refractivity contribution in [1.82, 2.24) is 4.57 Å². The first-order valence-electron chi connectivity index (χ1n) is 18.1. The van der Waals surface area contributed by atoms with E-state index in [0.717, 1.165) is 22.7 Å². The Morgan fingerprint density at radius 3 is 1.77 bits per heavy atom. The summed E-state index contributed by atoms with van der Waals surface area (Å²) in [7, 11) is 0. The SMILES string of the molecule is c1ccc(-n2c3ccccc3c3ccc(N(c4ccc(-c5ccc6ccccc6c5)cc4)c4ccc5sc6cc7ccccc7cc6c5c4)cc32)cc1. The van der Waals surface area contributed by atoms with Crippen molar-refractivity contribution in [3.8, 4) is 16.8 Å². The fourth-order valence-corrected chi connectivity index (χ4v) is 9.28. The van der Waals surface area contributed by atoms with Gasteiger partial charge in [0.15, 0.2) is 0 Å². The zero-order valence-electron chi connectivity index (χ0n) is 28.8. The van der Waals surface area contributed by atoms with E-state index in [0.29, 0.717) is 0 Å². The minimum atomic E-state index is 1.11. The highest BCUT2D eigenvalue weighted by Crippen LogP contribution is 2.44. The van der Waals surface area contributed by atoms with Gasteiger partial charge < -0.3 is 9.47 Å². The lowest BCUT2D eigenvalue weighted by molar-refractivity contribution is 1.18. The third-order valence-electron chi connectivity index (χ3n) is 10.7. The number of anilines is 3. The molecule has 0 amide bonds. The van der Waals surface area contributed by atoms with Crippen LogP contribution in [0.25, 0.3) is 80.3 Å². The molecule has 0 N–H and O–H groups in total. The standard InChI is InChI=1S/C50H32N2S/c1-2-14-39(15-3-1)52-47-17-9-8-16-43(47)44-26-24-42(32-48(44)52)51(40-22-20-34(21-23-40)38-19-18-33-10-4-5-11-35(33)28-38)41-25-27-49-46(31-41)45-29-36-12-6-7-13-37(36)30-50(45)53-49/h1-32H. The van der Waals surface area contributed by atoms with Crippen LogP contribution in [-0.2, 0) is 0 Å². The molecule has 9 aromatic carbocycles. The van der Waals surface area contributed by atoms with Crippen LogP contribution in [0.4, 0.5) is 17.1 Å². The Kier molecular flexibility index (Phi) is 6.76. The van der Waals surface area contributed by atoms with Gasteiger partial charge in [0.05, 0.1) is 11.0 Å². The molecule has 0 aliphatic carbocycles. The summed E-state index contributed by atoms with van der Waals surface area (Å²) in [6, 6.07) is 71.1. The molecular weight excluding hydrogens is 661 g/mol. The lowest BCUT2D eigenvalue weighted by Crippen LogP contribution is -2.10. The van der Waals surface area contributed by atoms with E-state index < -0.39 is 0 Å². The highest BCUT2D eigenvalue weighted by atomic mass is 32.1. The largest absolute Gasteiger partial charge is 0.310 e. The highest BCUT2D eigenvalue weighted by Gasteiger charge is 2.19. The Bertz CT molecular complexity index is 3170. The number of thiophene rings is 1. The molecule has 11 aromatic rings. The first-order valence-corrected chi connectivity index (χ1v) is 18.9. The van der Waals surface area contributed by atoms with Crippen molar-refractivity contribution in [3.05, 3.63) is 194 Å². The molecule has 0 saturated carbocycles. The van der Waals surface area contributed by atoms with Gasteiger partial charge in [0.2, 0.25) is 0 Å². The van der Waals surface area contributed by atoms with Crippen LogP contribution in [0.5, 0.6) is 0 Å². The molecular formula is C50H32N2S. The number of benzene rings is 9. The van der Waals surface area contributed by atoms with Crippen LogP contribution in [0.15, 0.2) is 194 Å². The normalized spacial score (nSPS) is 11.8. The van der Waals surface area contributed by atoms with Gasteiger partial charge in [0.1, 0.15) is 0 Å². The average molecular weight is 693 g/mol. The second-order valence-corrected chi connectivity index (χ2v) is 14.9. The van der Waals surface area contributed by atoms with Crippen molar-refractivity contribution < 1.29 is 0 Å². The Labute approximate surface area is 311 Å². The van der Waals surface area contributed by atoms with E-state index in [9.17, 15) is 0 Å². The van der Waals surface area contributed by atoms with Crippen molar-refractivity contribution in [2.45, 2.75) is 0 Å². The zero-order chi connectivity index (χ0) is 34.9. The van der Waals surface area contributed by atoms with Crippen LogP contribution in [-0.4, -0.2) is 4.57 Å². The molecule has 2 heterocycles. The Balaban J connectivity index is 1.12. The summed E-state index contributed by atoms with van der Waals surface area (Å²) in [5.41, 5.74) is 9.31. The Hall–Kier alpha value is -6.68. The lowest BCUT2D eigenvalue weighted by atomic mass is 10.0. The lowest BCUT2D eigenvalue weighted by Gasteiger charge is -2.26. The maximum atomic E-state index is 2.42. The average Bonchev–Trinajstić information content (AvgIpc) is 3.75. The molecule has 0 fully saturated rings. The van der Waals surface area contributed by atoms with Gasteiger partial charge in [-0.1, -0.05) is 115 Å². The van der Waals surface area contributed by atoms with Crippen LogP contribution < -0.4 is 4.90 Å². The molecule has 0 atom stereocenters. The summed E-state index contributed by atoms with van der Waals surface area (Å²) in [6.07, 6.45) is 0. The summed E-state index contributed by atoms with van der Waals surface area (Å²) in [5.74, 6) is 0. The number of aromatic nitrogens is 1. The summed E-state index contributed by atoms with van der Waals surface area (Å²) < 4.78 is 5.01. The molecule has 248 valence electrons.